The van der Waals surface area contributed by atoms with Crippen molar-refractivity contribution < 1.29 is 13.2 Å². The van der Waals surface area contributed by atoms with Crippen LogP contribution in [0, 0.1) is 0 Å². The summed E-state index contributed by atoms with van der Waals surface area (Å²) in [6, 6.07) is 12.6. The quantitative estimate of drug-likeness (QED) is 0.715. The zero-order chi connectivity index (χ0) is 18.6. The molecular weight excluding hydrogens is 362 g/mol. The lowest BCUT2D eigenvalue weighted by molar-refractivity contribution is -0.117. The molecule has 2 rings (SSSR count). The van der Waals surface area contributed by atoms with Gasteiger partial charge in [0, 0.05) is 16.8 Å². The van der Waals surface area contributed by atoms with Crippen LogP contribution in [0.25, 0.3) is 0 Å². The maximum Gasteiger partial charge on any atom is 0.241 e. The number of primary sulfonamides is 1. The van der Waals surface area contributed by atoms with Crippen LogP contribution < -0.4 is 15.8 Å². The summed E-state index contributed by atoms with van der Waals surface area (Å²) in [4.78, 5) is 12.3. The van der Waals surface area contributed by atoms with Gasteiger partial charge in [-0.3, -0.25) is 10.1 Å². The second-order valence-corrected chi connectivity index (χ2v) is 7.72. The van der Waals surface area contributed by atoms with Gasteiger partial charge in [0.05, 0.1) is 10.9 Å². The van der Waals surface area contributed by atoms with Gasteiger partial charge in [-0.15, -0.1) is 0 Å². The van der Waals surface area contributed by atoms with Crippen LogP contribution in [0.2, 0.25) is 5.02 Å². The van der Waals surface area contributed by atoms with Gasteiger partial charge in [-0.1, -0.05) is 23.7 Å². The summed E-state index contributed by atoms with van der Waals surface area (Å²) < 4.78 is 22.5. The Morgan fingerprint density at radius 2 is 1.76 bits per heavy atom. The monoisotopic (exact) mass is 381 g/mol. The van der Waals surface area contributed by atoms with Gasteiger partial charge in [0.15, 0.2) is 0 Å². The number of hydrogen-bond acceptors (Lipinski definition) is 4. The Hall–Kier alpha value is -1.93. The molecule has 134 valence electrons. The van der Waals surface area contributed by atoms with E-state index in [2.05, 4.69) is 10.6 Å². The molecule has 0 saturated carbocycles. The van der Waals surface area contributed by atoms with Gasteiger partial charge in [-0.25, -0.2) is 13.6 Å². The largest absolute Gasteiger partial charge is 0.325 e. The number of nitrogens with two attached hydrogens (primary N) is 1. The Labute approximate surface area is 152 Å². The molecule has 0 aliphatic rings. The van der Waals surface area contributed by atoms with Crippen LogP contribution in [-0.2, 0) is 14.8 Å². The third-order valence-corrected chi connectivity index (χ3v) is 4.86. The fourth-order valence-electron chi connectivity index (χ4n) is 2.30. The van der Waals surface area contributed by atoms with Crippen molar-refractivity contribution in [2.75, 3.05) is 5.32 Å². The zero-order valence-corrected chi connectivity index (χ0v) is 15.4. The first kappa shape index (κ1) is 19.4. The summed E-state index contributed by atoms with van der Waals surface area (Å²) in [7, 11) is -3.75. The second-order valence-electron chi connectivity index (χ2n) is 5.72. The highest BCUT2D eigenvalue weighted by molar-refractivity contribution is 7.89. The predicted molar refractivity (Wildman–Crippen MR) is 98.9 cm³/mol. The first-order chi connectivity index (χ1) is 11.7. The van der Waals surface area contributed by atoms with E-state index in [-0.39, 0.29) is 16.8 Å². The number of rotatable bonds is 6. The molecule has 6 nitrogen and oxygen atoms in total. The summed E-state index contributed by atoms with van der Waals surface area (Å²) in [6.07, 6.45) is 0. The third kappa shape index (κ3) is 5.54. The first-order valence-corrected chi connectivity index (χ1v) is 9.54. The Morgan fingerprint density at radius 1 is 1.12 bits per heavy atom. The summed E-state index contributed by atoms with van der Waals surface area (Å²) in [5.41, 5.74) is 1.46. The van der Waals surface area contributed by atoms with Gasteiger partial charge < -0.3 is 5.32 Å². The standard InChI is InChI=1S/C17H20ClN3O3S/c1-11(13-4-3-5-14(18)10-13)20-12(2)17(22)21-15-6-8-16(9-7-15)25(19,23)24/h3-12,20H,1-2H3,(H,21,22)(H2,19,23,24)/t11-,12+/m1/s1. The Balaban J connectivity index is 1.98. The Bertz CT molecular complexity index is 854. The van der Waals surface area contributed by atoms with Crippen molar-refractivity contribution in [3.63, 3.8) is 0 Å². The van der Waals surface area contributed by atoms with Crippen LogP contribution in [0.5, 0.6) is 0 Å². The molecule has 0 unspecified atom stereocenters. The molecule has 8 heteroatoms. The minimum absolute atomic E-state index is 0.00810. The summed E-state index contributed by atoms with van der Waals surface area (Å²) >= 11 is 5.98. The van der Waals surface area contributed by atoms with Crippen molar-refractivity contribution in [3.8, 4) is 0 Å². The number of carbonyl (C=O) groups is 1. The number of carbonyl (C=O) groups excluding carboxylic acids is 1. The van der Waals surface area contributed by atoms with E-state index in [1.165, 1.54) is 24.3 Å². The summed E-state index contributed by atoms with van der Waals surface area (Å²) in [5, 5.41) is 11.6. The number of sulfonamides is 1. The van der Waals surface area contributed by atoms with E-state index >= 15 is 0 Å². The van der Waals surface area contributed by atoms with Crippen molar-refractivity contribution in [2.24, 2.45) is 5.14 Å². The summed E-state index contributed by atoms with van der Waals surface area (Å²) in [6.45, 7) is 3.69. The number of amides is 1. The first-order valence-electron chi connectivity index (χ1n) is 7.62. The van der Waals surface area contributed by atoms with E-state index in [1.807, 2.05) is 25.1 Å². The van der Waals surface area contributed by atoms with E-state index in [1.54, 1.807) is 13.0 Å². The average molecular weight is 382 g/mol. The third-order valence-electron chi connectivity index (χ3n) is 3.69. The van der Waals surface area contributed by atoms with Crippen molar-refractivity contribution in [3.05, 3.63) is 59.1 Å². The normalized spacial score (nSPS) is 13.9. The molecule has 2 aromatic carbocycles. The molecule has 0 spiro atoms. The van der Waals surface area contributed by atoms with Crippen LogP contribution in [0.1, 0.15) is 25.5 Å². The highest BCUT2D eigenvalue weighted by Gasteiger charge is 2.17. The molecule has 0 aliphatic carbocycles. The van der Waals surface area contributed by atoms with Gasteiger partial charge in [-0.05, 0) is 55.8 Å². The zero-order valence-electron chi connectivity index (χ0n) is 13.9. The van der Waals surface area contributed by atoms with Gasteiger partial charge in [0.2, 0.25) is 15.9 Å². The molecule has 25 heavy (non-hydrogen) atoms. The predicted octanol–water partition coefficient (Wildman–Crippen LogP) is 2.67. The van der Waals surface area contributed by atoms with E-state index < -0.39 is 16.1 Å². The fraction of sp³-hybridized carbons (Fsp3) is 0.235. The van der Waals surface area contributed by atoms with Crippen LogP contribution in [0.3, 0.4) is 0 Å². The van der Waals surface area contributed by atoms with Crippen molar-refractivity contribution in [1.29, 1.82) is 0 Å². The second kappa shape index (κ2) is 7.97. The molecule has 0 aromatic heterocycles. The van der Waals surface area contributed by atoms with E-state index in [4.69, 9.17) is 16.7 Å². The molecule has 2 atom stereocenters. The average Bonchev–Trinajstić information content (AvgIpc) is 2.54. The lowest BCUT2D eigenvalue weighted by atomic mass is 10.1. The maximum atomic E-state index is 12.3. The smallest absolute Gasteiger partial charge is 0.241 e. The Kier molecular flexibility index (Phi) is 6.18. The van der Waals surface area contributed by atoms with Crippen molar-refractivity contribution >= 4 is 33.2 Å². The minimum atomic E-state index is -3.75. The molecule has 0 saturated heterocycles. The molecule has 0 bridgehead atoms. The molecule has 1 amide bonds. The van der Waals surface area contributed by atoms with E-state index in [9.17, 15) is 13.2 Å². The minimum Gasteiger partial charge on any atom is -0.325 e. The lowest BCUT2D eigenvalue weighted by Crippen LogP contribution is -2.39. The van der Waals surface area contributed by atoms with E-state index in [0.29, 0.717) is 10.7 Å². The molecule has 0 radical (unpaired) electrons. The molecule has 0 aliphatic heterocycles. The number of halogens is 1. The van der Waals surface area contributed by atoms with E-state index in [0.717, 1.165) is 5.56 Å². The van der Waals surface area contributed by atoms with Gasteiger partial charge in [0.25, 0.3) is 0 Å². The van der Waals surface area contributed by atoms with Gasteiger partial charge in [-0.2, -0.15) is 0 Å². The molecule has 2 aromatic rings. The Morgan fingerprint density at radius 3 is 2.32 bits per heavy atom. The van der Waals surface area contributed by atoms with Crippen molar-refractivity contribution in [2.45, 2.75) is 30.8 Å². The molecule has 0 heterocycles. The molecule has 0 fully saturated rings. The number of hydrogen-bond donors (Lipinski definition) is 3. The number of anilines is 1. The highest BCUT2D eigenvalue weighted by atomic mass is 35.5. The number of benzene rings is 2. The molecular formula is C17H20ClN3O3S. The SMILES string of the molecule is C[C@H](N[C@H](C)c1cccc(Cl)c1)C(=O)Nc1ccc(S(N)(=O)=O)cc1. The maximum absolute atomic E-state index is 12.3. The fourth-order valence-corrected chi connectivity index (χ4v) is 3.02. The topological polar surface area (TPSA) is 101 Å². The van der Waals surface area contributed by atoms with Crippen LogP contribution in [-0.4, -0.2) is 20.4 Å². The molecule has 4 N–H and O–H groups in total. The summed E-state index contributed by atoms with van der Waals surface area (Å²) in [5.74, 6) is -0.239. The lowest BCUT2D eigenvalue weighted by Gasteiger charge is -2.20. The van der Waals surface area contributed by atoms with Crippen LogP contribution in [0.4, 0.5) is 5.69 Å². The van der Waals surface area contributed by atoms with Crippen LogP contribution in [0.15, 0.2) is 53.4 Å². The van der Waals surface area contributed by atoms with Gasteiger partial charge in [0.1, 0.15) is 0 Å². The van der Waals surface area contributed by atoms with Crippen LogP contribution >= 0.6 is 11.6 Å². The highest BCUT2D eigenvalue weighted by Crippen LogP contribution is 2.18. The van der Waals surface area contributed by atoms with Crippen molar-refractivity contribution in [1.82, 2.24) is 5.32 Å². The van der Waals surface area contributed by atoms with Gasteiger partial charge >= 0.3 is 0 Å². The number of nitrogens with one attached hydrogen (secondary N) is 2.